The minimum atomic E-state index is 0.427. The van der Waals surface area contributed by atoms with E-state index < -0.39 is 0 Å². The van der Waals surface area contributed by atoms with Crippen molar-refractivity contribution < 1.29 is 0 Å². The van der Waals surface area contributed by atoms with Crippen LogP contribution < -0.4 is 5.32 Å². The Morgan fingerprint density at radius 1 is 1.00 bits per heavy atom. The van der Waals surface area contributed by atoms with Gasteiger partial charge in [0.1, 0.15) is 0 Å². The number of hydrogen-bond donors (Lipinski definition) is 1. The average molecular weight is 271 g/mol. The predicted octanol–water partition coefficient (Wildman–Crippen LogP) is 4.51. The molecule has 2 aliphatic rings. The maximum atomic E-state index is 3.60. The molecule has 1 N–H and O–H groups in total. The highest BCUT2D eigenvalue weighted by molar-refractivity contribution is 5.37. The smallest absolute Gasteiger partial charge is 0.0356 e. The number of nitrogens with one attached hydrogen (secondary N) is 1. The van der Waals surface area contributed by atoms with E-state index in [4.69, 9.17) is 0 Å². The first-order valence-electron chi connectivity index (χ1n) is 8.18. The van der Waals surface area contributed by atoms with E-state index in [-0.39, 0.29) is 0 Å². The lowest BCUT2D eigenvalue weighted by Crippen LogP contribution is -2.22. The third kappa shape index (κ3) is 1.94. The SMILES string of the molecule is CNC(c1ccc2c(c1)CCCC2)C1C(C)(C)C1(C)C. The van der Waals surface area contributed by atoms with Crippen LogP contribution in [0.3, 0.4) is 0 Å². The average Bonchev–Trinajstić information content (AvgIpc) is 2.82. The van der Waals surface area contributed by atoms with Crippen molar-refractivity contribution in [3.8, 4) is 0 Å². The molecule has 2 aliphatic carbocycles. The van der Waals surface area contributed by atoms with Gasteiger partial charge in [-0.05, 0) is 66.2 Å². The highest BCUT2D eigenvalue weighted by Gasteiger charge is 2.67. The Labute approximate surface area is 124 Å². The summed E-state index contributed by atoms with van der Waals surface area (Å²) in [7, 11) is 2.12. The zero-order valence-electron chi connectivity index (χ0n) is 13.7. The summed E-state index contributed by atoms with van der Waals surface area (Å²) in [5, 5.41) is 3.60. The molecule has 1 nitrogen and oxygen atoms in total. The summed E-state index contributed by atoms with van der Waals surface area (Å²) in [4.78, 5) is 0. The fourth-order valence-corrected chi connectivity index (χ4v) is 4.55. The van der Waals surface area contributed by atoms with Crippen molar-refractivity contribution in [3.63, 3.8) is 0 Å². The van der Waals surface area contributed by atoms with Crippen molar-refractivity contribution >= 4 is 0 Å². The van der Waals surface area contributed by atoms with E-state index in [2.05, 4.69) is 58.3 Å². The largest absolute Gasteiger partial charge is 0.313 e. The standard InChI is InChI=1S/C19H29N/c1-18(2)17(19(18,3)4)16(20-5)15-11-10-13-8-6-7-9-14(13)12-15/h10-12,16-17,20H,6-9H2,1-5H3. The summed E-state index contributed by atoms with van der Waals surface area (Å²) in [6.07, 6.45) is 5.28. The van der Waals surface area contributed by atoms with Crippen molar-refractivity contribution in [2.24, 2.45) is 16.7 Å². The van der Waals surface area contributed by atoms with Crippen molar-refractivity contribution in [1.29, 1.82) is 0 Å². The molecule has 1 unspecified atom stereocenters. The van der Waals surface area contributed by atoms with Gasteiger partial charge < -0.3 is 5.32 Å². The molecule has 1 atom stereocenters. The number of rotatable bonds is 3. The van der Waals surface area contributed by atoms with Crippen molar-refractivity contribution in [2.45, 2.75) is 59.4 Å². The molecule has 3 rings (SSSR count). The Kier molecular flexibility index (Phi) is 3.25. The predicted molar refractivity (Wildman–Crippen MR) is 85.9 cm³/mol. The summed E-state index contributed by atoms with van der Waals surface area (Å²) in [5.41, 5.74) is 5.54. The maximum Gasteiger partial charge on any atom is 0.0356 e. The summed E-state index contributed by atoms with van der Waals surface area (Å²) < 4.78 is 0. The van der Waals surface area contributed by atoms with E-state index in [1.165, 1.54) is 31.2 Å². The van der Waals surface area contributed by atoms with Crippen LogP contribution in [0.25, 0.3) is 0 Å². The highest BCUT2D eigenvalue weighted by atomic mass is 14.9. The minimum Gasteiger partial charge on any atom is -0.313 e. The lowest BCUT2D eigenvalue weighted by molar-refractivity contribution is 0.437. The molecule has 1 aromatic rings. The highest BCUT2D eigenvalue weighted by Crippen LogP contribution is 2.72. The van der Waals surface area contributed by atoms with E-state index in [0.717, 1.165) is 5.92 Å². The first-order chi connectivity index (χ1) is 9.39. The van der Waals surface area contributed by atoms with Crippen molar-refractivity contribution in [2.75, 3.05) is 7.05 Å². The minimum absolute atomic E-state index is 0.427. The van der Waals surface area contributed by atoms with Gasteiger partial charge in [0.05, 0.1) is 0 Å². The van der Waals surface area contributed by atoms with Crippen LogP contribution in [0.2, 0.25) is 0 Å². The molecule has 0 heterocycles. The van der Waals surface area contributed by atoms with Crippen molar-refractivity contribution in [3.05, 3.63) is 34.9 Å². The van der Waals surface area contributed by atoms with Gasteiger partial charge in [0.2, 0.25) is 0 Å². The molecule has 0 aromatic heterocycles. The molecule has 0 bridgehead atoms. The summed E-state index contributed by atoms with van der Waals surface area (Å²) in [6, 6.07) is 7.74. The lowest BCUT2D eigenvalue weighted by atomic mass is 9.87. The van der Waals surface area contributed by atoms with Gasteiger partial charge in [-0.3, -0.25) is 0 Å². The van der Waals surface area contributed by atoms with Crippen LogP contribution in [0.5, 0.6) is 0 Å². The van der Waals surface area contributed by atoms with Crippen molar-refractivity contribution in [1.82, 2.24) is 5.32 Å². The Morgan fingerprint density at radius 2 is 1.60 bits per heavy atom. The molecule has 0 radical (unpaired) electrons. The second-order valence-electron chi connectivity index (χ2n) is 7.92. The third-order valence-corrected chi connectivity index (χ3v) is 6.51. The molecule has 1 saturated carbocycles. The van der Waals surface area contributed by atoms with E-state index >= 15 is 0 Å². The quantitative estimate of drug-likeness (QED) is 0.853. The van der Waals surface area contributed by atoms with Crippen LogP contribution in [0.15, 0.2) is 18.2 Å². The Balaban J connectivity index is 1.91. The van der Waals surface area contributed by atoms with E-state index in [1.54, 1.807) is 11.1 Å². The van der Waals surface area contributed by atoms with Gasteiger partial charge in [0.25, 0.3) is 0 Å². The fourth-order valence-electron chi connectivity index (χ4n) is 4.55. The van der Waals surface area contributed by atoms with E-state index in [0.29, 0.717) is 16.9 Å². The lowest BCUT2D eigenvalue weighted by Gasteiger charge is -2.23. The second-order valence-corrected chi connectivity index (χ2v) is 7.92. The van der Waals surface area contributed by atoms with Gasteiger partial charge >= 0.3 is 0 Å². The van der Waals surface area contributed by atoms with Crippen LogP contribution in [0.1, 0.15) is 63.3 Å². The number of hydrogen-bond acceptors (Lipinski definition) is 1. The molecule has 110 valence electrons. The normalized spacial score (nSPS) is 25.1. The van der Waals surface area contributed by atoms with Crippen LogP contribution >= 0.6 is 0 Å². The molecule has 0 spiro atoms. The molecule has 20 heavy (non-hydrogen) atoms. The molecular formula is C19H29N. The van der Waals surface area contributed by atoms with Crippen LogP contribution in [-0.4, -0.2) is 7.05 Å². The first kappa shape index (κ1) is 14.1. The number of benzene rings is 1. The van der Waals surface area contributed by atoms with Gasteiger partial charge in [-0.1, -0.05) is 45.9 Å². The van der Waals surface area contributed by atoms with E-state index in [1.807, 2.05) is 0 Å². The Bertz CT molecular complexity index is 498. The number of aryl methyl sites for hydroxylation is 2. The third-order valence-electron chi connectivity index (χ3n) is 6.51. The molecular weight excluding hydrogens is 242 g/mol. The van der Waals surface area contributed by atoms with Gasteiger partial charge in [-0.15, -0.1) is 0 Å². The zero-order chi connectivity index (χ0) is 14.5. The van der Waals surface area contributed by atoms with Crippen LogP contribution in [0.4, 0.5) is 0 Å². The van der Waals surface area contributed by atoms with Gasteiger partial charge in [0.15, 0.2) is 0 Å². The van der Waals surface area contributed by atoms with Gasteiger partial charge in [0, 0.05) is 6.04 Å². The molecule has 1 aromatic carbocycles. The molecule has 1 heteroatoms. The Hall–Kier alpha value is -0.820. The second kappa shape index (κ2) is 4.59. The fraction of sp³-hybridized carbons (Fsp3) is 0.684. The van der Waals surface area contributed by atoms with E-state index in [9.17, 15) is 0 Å². The molecule has 0 amide bonds. The number of fused-ring (bicyclic) bond motifs is 1. The zero-order valence-corrected chi connectivity index (χ0v) is 13.7. The van der Waals surface area contributed by atoms with Gasteiger partial charge in [-0.2, -0.15) is 0 Å². The summed E-state index contributed by atoms with van der Waals surface area (Å²) in [6.45, 7) is 9.67. The van der Waals surface area contributed by atoms with Crippen LogP contribution in [0, 0.1) is 16.7 Å². The summed E-state index contributed by atoms with van der Waals surface area (Å²) in [5.74, 6) is 0.724. The molecule has 1 fully saturated rings. The topological polar surface area (TPSA) is 12.0 Å². The summed E-state index contributed by atoms with van der Waals surface area (Å²) >= 11 is 0. The first-order valence-corrected chi connectivity index (χ1v) is 8.18. The Morgan fingerprint density at radius 3 is 2.15 bits per heavy atom. The van der Waals surface area contributed by atoms with Crippen LogP contribution in [-0.2, 0) is 12.8 Å². The van der Waals surface area contributed by atoms with Gasteiger partial charge in [-0.25, -0.2) is 0 Å². The maximum absolute atomic E-state index is 3.60. The molecule has 0 saturated heterocycles. The molecule has 0 aliphatic heterocycles. The monoisotopic (exact) mass is 271 g/mol.